The van der Waals surface area contributed by atoms with E-state index < -0.39 is 10.0 Å². The highest BCUT2D eigenvalue weighted by atomic mass is 79.9. The molecule has 1 heterocycles. The second-order valence-electron chi connectivity index (χ2n) is 3.79. The highest BCUT2D eigenvalue weighted by molar-refractivity contribution is 9.10. The Bertz CT molecular complexity index is 692. The van der Waals surface area contributed by atoms with Gasteiger partial charge in [-0.1, -0.05) is 23.7 Å². The molecule has 0 radical (unpaired) electrons. The van der Waals surface area contributed by atoms with Crippen molar-refractivity contribution in [2.45, 2.75) is 11.4 Å². The van der Waals surface area contributed by atoms with Crippen LogP contribution in [0.3, 0.4) is 0 Å². The summed E-state index contributed by atoms with van der Waals surface area (Å²) in [6.07, 6.45) is 2.82. The molecular formula is C12H10BrClN2O2S. The van der Waals surface area contributed by atoms with Gasteiger partial charge < -0.3 is 0 Å². The lowest BCUT2D eigenvalue weighted by atomic mass is 10.2. The molecule has 2 aromatic rings. The molecule has 19 heavy (non-hydrogen) atoms. The van der Waals surface area contributed by atoms with Crippen LogP contribution in [0.5, 0.6) is 0 Å². The Morgan fingerprint density at radius 1 is 1.26 bits per heavy atom. The molecule has 0 aliphatic heterocycles. The van der Waals surface area contributed by atoms with E-state index in [9.17, 15) is 8.42 Å². The van der Waals surface area contributed by atoms with Gasteiger partial charge in [-0.05, 0) is 39.7 Å². The molecule has 0 saturated carbocycles. The third-order valence-corrected chi connectivity index (χ3v) is 4.38. The second kappa shape index (κ2) is 6.00. The molecule has 4 nitrogen and oxygen atoms in total. The number of benzene rings is 1. The van der Waals surface area contributed by atoms with Crippen molar-refractivity contribution in [1.82, 2.24) is 9.71 Å². The van der Waals surface area contributed by atoms with Crippen LogP contribution >= 0.6 is 27.5 Å². The standard InChI is InChI=1S/C12H10BrClN2O2S/c13-10-5-12(8-15-7-10)19(17,18)16-6-9-2-1-3-11(14)4-9/h1-5,7-8,16H,6H2. The van der Waals surface area contributed by atoms with Crippen molar-refractivity contribution in [3.05, 3.63) is 57.8 Å². The minimum atomic E-state index is -3.58. The van der Waals surface area contributed by atoms with Gasteiger partial charge in [-0.2, -0.15) is 0 Å². The van der Waals surface area contributed by atoms with Crippen molar-refractivity contribution in [2.75, 3.05) is 0 Å². The number of hydrogen-bond donors (Lipinski definition) is 1. The molecule has 0 fully saturated rings. The third-order valence-electron chi connectivity index (χ3n) is 2.35. The van der Waals surface area contributed by atoms with E-state index >= 15 is 0 Å². The minimum Gasteiger partial charge on any atom is -0.262 e. The van der Waals surface area contributed by atoms with Crippen molar-refractivity contribution >= 4 is 37.6 Å². The maximum atomic E-state index is 12.0. The first kappa shape index (κ1) is 14.5. The Hall–Kier alpha value is -0.950. The van der Waals surface area contributed by atoms with E-state index in [4.69, 9.17) is 11.6 Å². The summed E-state index contributed by atoms with van der Waals surface area (Å²) in [5.41, 5.74) is 0.791. The summed E-state index contributed by atoms with van der Waals surface area (Å²) < 4.78 is 27.2. The first-order valence-electron chi connectivity index (χ1n) is 5.32. The molecular weight excluding hydrogens is 352 g/mol. The topological polar surface area (TPSA) is 59.1 Å². The first-order valence-corrected chi connectivity index (χ1v) is 7.97. The molecule has 0 spiro atoms. The fraction of sp³-hybridized carbons (Fsp3) is 0.0833. The summed E-state index contributed by atoms with van der Waals surface area (Å²) >= 11 is 9.03. The maximum absolute atomic E-state index is 12.0. The Kier molecular flexibility index (Phi) is 4.57. The smallest absolute Gasteiger partial charge is 0.242 e. The molecule has 0 aliphatic rings. The fourth-order valence-corrected chi connectivity index (χ4v) is 3.18. The molecule has 0 atom stereocenters. The molecule has 2 rings (SSSR count). The number of hydrogen-bond acceptors (Lipinski definition) is 3. The van der Waals surface area contributed by atoms with Crippen molar-refractivity contribution in [1.29, 1.82) is 0 Å². The van der Waals surface area contributed by atoms with Crippen LogP contribution in [0.15, 0.2) is 52.1 Å². The van der Waals surface area contributed by atoms with Gasteiger partial charge in [0.05, 0.1) is 0 Å². The van der Waals surface area contributed by atoms with Crippen molar-refractivity contribution in [2.24, 2.45) is 0 Å². The van der Waals surface area contributed by atoms with Gasteiger partial charge in [-0.25, -0.2) is 13.1 Å². The van der Waals surface area contributed by atoms with Crippen molar-refractivity contribution in [3.63, 3.8) is 0 Å². The summed E-state index contributed by atoms with van der Waals surface area (Å²) in [5, 5.41) is 0.570. The van der Waals surface area contributed by atoms with E-state index in [2.05, 4.69) is 25.6 Å². The number of pyridine rings is 1. The van der Waals surface area contributed by atoms with Crippen LogP contribution in [0.2, 0.25) is 5.02 Å². The zero-order valence-electron chi connectivity index (χ0n) is 9.68. The summed E-state index contributed by atoms with van der Waals surface area (Å²) in [6, 6.07) is 8.51. The lowest BCUT2D eigenvalue weighted by molar-refractivity contribution is 0.581. The highest BCUT2D eigenvalue weighted by Gasteiger charge is 2.14. The molecule has 1 N–H and O–H groups in total. The van der Waals surface area contributed by atoms with E-state index in [1.165, 1.54) is 18.5 Å². The van der Waals surface area contributed by atoms with Crippen LogP contribution in [0.1, 0.15) is 5.56 Å². The molecule has 100 valence electrons. The van der Waals surface area contributed by atoms with Crippen LogP contribution in [0.4, 0.5) is 0 Å². The zero-order valence-corrected chi connectivity index (χ0v) is 12.8. The Morgan fingerprint density at radius 2 is 2.05 bits per heavy atom. The average molecular weight is 362 g/mol. The Morgan fingerprint density at radius 3 is 2.74 bits per heavy atom. The second-order valence-corrected chi connectivity index (χ2v) is 6.91. The number of nitrogens with one attached hydrogen (secondary N) is 1. The van der Waals surface area contributed by atoms with Crippen LogP contribution in [-0.2, 0) is 16.6 Å². The van der Waals surface area contributed by atoms with E-state index in [1.807, 2.05) is 0 Å². The monoisotopic (exact) mass is 360 g/mol. The summed E-state index contributed by atoms with van der Waals surface area (Å²) in [4.78, 5) is 3.95. The molecule has 1 aromatic carbocycles. The molecule has 1 aromatic heterocycles. The van der Waals surface area contributed by atoms with Crippen LogP contribution < -0.4 is 4.72 Å². The fourth-order valence-electron chi connectivity index (χ4n) is 1.45. The van der Waals surface area contributed by atoms with Gasteiger partial charge in [0.1, 0.15) is 4.90 Å². The average Bonchev–Trinajstić information content (AvgIpc) is 2.37. The molecule has 7 heteroatoms. The van der Waals surface area contributed by atoms with Crippen molar-refractivity contribution < 1.29 is 8.42 Å². The minimum absolute atomic E-state index is 0.115. The first-order chi connectivity index (χ1) is 8.97. The summed E-state index contributed by atoms with van der Waals surface area (Å²) in [7, 11) is -3.58. The highest BCUT2D eigenvalue weighted by Crippen LogP contribution is 2.15. The van der Waals surface area contributed by atoms with Gasteiger partial charge in [-0.15, -0.1) is 0 Å². The van der Waals surface area contributed by atoms with Crippen molar-refractivity contribution in [3.8, 4) is 0 Å². The summed E-state index contributed by atoms with van der Waals surface area (Å²) in [5.74, 6) is 0. The quantitative estimate of drug-likeness (QED) is 0.911. The SMILES string of the molecule is O=S(=O)(NCc1cccc(Cl)c1)c1cncc(Br)c1. The van der Waals surface area contributed by atoms with Gasteiger partial charge in [0, 0.05) is 28.4 Å². The third kappa shape index (κ3) is 4.01. The maximum Gasteiger partial charge on any atom is 0.242 e. The Labute approximate surface area is 125 Å². The van der Waals surface area contributed by atoms with Gasteiger partial charge in [0.15, 0.2) is 0 Å². The van der Waals surface area contributed by atoms with E-state index in [-0.39, 0.29) is 11.4 Å². The summed E-state index contributed by atoms with van der Waals surface area (Å²) in [6.45, 7) is 0.176. The predicted molar refractivity (Wildman–Crippen MR) is 77.4 cm³/mol. The normalized spacial score (nSPS) is 11.5. The van der Waals surface area contributed by atoms with E-state index in [0.717, 1.165) is 5.56 Å². The molecule has 0 amide bonds. The molecule has 0 saturated heterocycles. The molecule has 0 aliphatic carbocycles. The number of halogens is 2. The molecule has 0 bridgehead atoms. The van der Waals surface area contributed by atoms with Gasteiger partial charge in [-0.3, -0.25) is 4.98 Å². The van der Waals surface area contributed by atoms with Gasteiger partial charge in [0.25, 0.3) is 0 Å². The van der Waals surface area contributed by atoms with E-state index in [1.54, 1.807) is 24.3 Å². The lowest BCUT2D eigenvalue weighted by Gasteiger charge is -2.07. The van der Waals surface area contributed by atoms with Gasteiger partial charge >= 0.3 is 0 Å². The van der Waals surface area contributed by atoms with Crippen LogP contribution in [0, 0.1) is 0 Å². The van der Waals surface area contributed by atoms with Gasteiger partial charge in [0.2, 0.25) is 10.0 Å². The largest absolute Gasteiger partial charge is 0.262 e. The number of nitrogens with zero attached hydrogens (tertiary/aromatic N) is 1. The number of sulfonamides is 1. The Balaban J connectivity index is 2.14. The predicted octanol–water partition coefficient (Wildman–Crippen LogP) is 2.98. The number of aromatic nitrogens is 1. The zero-order chi connectivity index (χ0) is 13.9. The molecule has 0 unspecified atom stereocenters. The van der Waals surface area contributed by atoms with Crippen LogP contribution in [0.25, 0.3) is 0 Å². The number of rotatable bonds is 4. The van der Waals surface area contributed by atoms with Crippen LogP contribution in [-0.4, -0.2) is 13.4 Å². The van der Waals surface area contributed by atoms with E-state index in [0.29, 0.717) is 9.50 Å². The lowest BCUT2D eigenvalue weighted by Crippen LogP contribution is -2.23.